The number of hydrogen-bond acceptors (Lipinski definition) is 3. The number of likely N-dealkylation sites (N-methyl/N-ethyl adjacent to an activating group) is 1. The summed E-state index contributed by atoms with van der Waals surface area (Å²) in [6.07, 6.45) is 0.711. The fourth-order valence-corrected chi connectivity index (χ4v) is 1.72. The van der Waals surface area contributed by atoms with E-state index in [-0.39, 0.29) is 18.0 Å². The Hall–Kier alpha value is -1.10. The minimum Gasteiger partial charge on any atom is -0.326 e. The van der Waals surface area contributed by atoms with Crippen LogP contribution < -0.4 is 5.32 Å². The fourth-order valence-electron chi connectivity index (χ4n) is 1.72. The molecule has 1 atom stereocenters. The first-order valence-electron chi connectivity index (χ1n) is 5.68. The lowest BCUT2D eigenvalue weighted by molar-refractivity contribution is -0.127. The molecule has 0 radical (unpaired) electrons. The standard InChI is InChI=1S/C11H21N3O2/c1-8(2)7-9-10(15)14(11(16)12-9)6-5-13(3)4/h8-9H,5-7H2,1-4H3,(H,12,16)/t9-/m1/s1. The van der Waals surface area contributed by atoms with Crippen LogP contribution in [0.2, 0.25) is 0 Å². The quantitative estimate of drug-likeness (QED) is 0.696. The molecule has 1 rings (SSSR count). The Bertz CT molecular complexity index is 276. The molecule has 1 N–H and O–H groups in total. The van der Waals surface area contributed by atoms with Gasteiger partial charge in [0.05, 0.1) is 0 Å². The number of urea groups is 1. The summed E-state index contributed by atoms with van der Waals surface area (Å²) in [5.74, 6) is 0.323. The molecule has 92 valence electrons. The van der Waals surface area contributed by atoms with Crippen LogP contribution in [0.3, 0.4) is 0 Å². The summed E-state index contributed by atoms with van der Waals surface area (Å²) >= 11 is 0. The molecular weight excluding hydrogens is 206 g/mol. The van der Waals surface area contributed by atoms with Crippen LogP contribution >= 0.6 is 0 Å². The van der Waals surface area contributed by atoms with Gasteiger partial charge in [0.15, 0.2) is 0 Å². The van der Waals surface area contributed by atoms with Gasteiger partial charge in [-0.2, -0.15) is 0 Å². The molecule has 0 bridgehead atoms. The molecular formula is C11H21N3O2. The zero-order valence-corrected chi connectivity index (χ0v) is 10.5. The summed E-state index contributed by atoms with van der Waals surface area (Å²) in [4.78, 5) is 26.7. The van der Waals surface area contributed by atoms with Crippen molar-refractivity contribution in [2.45, 2.75) is 26.3 Å². The van der Waals surface area contributed by atoms with Crippen LogP contribution in [0.5, 0.6) is 0 Å². The van der Waals surface area contributed by atoms with E-state index in [2.05, 4.69) is 5.32 Å². The Labute approximate surface area is 96.8 Å². The first-order valence-corrected chi connectivity index (χ1v) is 5.68. The molecule has 1 saturated heterocycles. The van der Waals surface area contributed by atoms with Crippen molar-refractivity contribution in [3.05, 3.63) is 0 Å². The maximum atomic E-state index is 11.9. The van der Waals surface area contributed by atoms with Crippen LogP contribution in [-0.4, -0.2) is 55.0 Å². The Morgan fingerprint density at radius 3 is 2.50 bits per heavy atom. The Morgan fingerprint density at radius 2 is 2.00 bits per heavy atom. The molecule has 1 fully saturated rings. The highest BCUT2D eigenvalue weighted by molar-refractivity contribution is 6.04. The van der Waals surface area contributed by atoms with Crippen molar-refractivity contribution in [2.24, 2.45) is 5.92 Å². The van der Waals surface area contributed by atoms with Crippen LogP contribution in [0.1, 0.15) is 20.3 Å². The number of carbonyl (C=O) groups excluding carboxylic acids is 2. The lowest BCUT2D eigenvalue weighted by Crippen LogP contribution is -2.37. The number of nitrogens with one attached hydrogen (secondary N) is 1. The molecule has 16 heavy (non-hydrogen) atoms. The molecule has 0 saturated carbocycles. The average Bonchev–Trinajstić information content (AvgIpc) is 2.39. The van der Waals surface area contributed by atoms with E-state index in [1.807, 2.05) is 32.8 Å². The average molecular weight is 227 g/mol. The third kappa shape index (κ3) is 3.20. The van der Waals surface area contributed by atoms with Gasteiger partial charge < -0.3 is 10.2 Å². The Morgan fingerprint density at radius 1 is 1.38 bits per heavy atom. The SMILES string of the molecule is CC(C)C[C@H]1NC(=O)N(CCN(C)C)C1=O. The van der Waals surface area contributed by atoms with E-state index in [1.54, 1.807) is 0 Å². The van der Waals surface area contributed by atoms with Gasteiger partial charge in [-0.3, -0.25) is 9.69 Å². The molecule has 0 unspecified atom stereocenters. The number of carbonyl (C=O) groups is 2. The summed E-state index contributed by atoms with van der Waals surface area (Å²) in [6.45, 7) is 5.25. The maximum Gasteiger partial charge on any atom is 0.324 e. The molecule has 3 amide bonds. The van der Waals surface area contributed by atoms with Crippen molar-refractivity contribution >= 4 is 11.9 Å². The summed E-state index contributed by atoms with van der Waals surface area (Å²) in [5.41, 5.74) is 0. The van der Waals surface area contributed by atoms with Gasteiger partial charge in [0.1, 0.15) is 6.04 Å². The van der Waals surface area contributed by atoms with Gasteiger partial charge in [0, 0.05) is 13.1 Å². The normalized spacial score (nSPS) is 21.1. The van der Waals surface area contributed by atoms with E-state index in [0.717, 1.165) is 0 Å². The van der Waals surface area contributed by atoms with Gasteiger partial charge in [0.2, 0.25) is 0 Å². The van der Waals surface area contributed by atoms with Crippen LogP contribution in [-0.2, 0) is 4.79 Å². The molecule has 0 spiro atoms. The van der Waals surface area contributed by atoms with Crippen molar-refractivity contribution < 1.29 is 9.59 Å². The second-order valence-corrected chi connectivity index (χ2v) is 4.92. The zero-order valence-electron chi connectivity index (χ0n) is 10.5. The Balaban J connectivity index is 2.53. The Kier molecular flexibility index (Phi) is 4.29. The third-order valence-corrected chi connectivity index (χ3v) is 2.58. The number of imide groups is 1. The summed E-state index contributed by atoms with van der Waals surface area (Å²) in [5, 5.41) is 2.73. The van der Waals surface area contributed by atoms with E-state index in [9.17, 15) is 9.59 Å². The minimum atomic E-state index is -0.324. The summed E-state index contributed by atoms with van der Waals surface area (Å²) in [6, 6.07) is -0.577. The number of rotatable bonds is 5. The first-order chi connectivity index (χ1) is 7.41. The van der Waals surface area contributed by atoms with Crippen molar-refractivity contribution in [1.82, 2.24) is 15.1 Å². The molecule has 1 aliphatic rings. The molecule has 1 aliphatic heterocycles. The molecule has 1 heterocycles. The van der Waals surface area contributed by atoms with Gasteiger partial charge >= 0.3 is 6.03 Å². The monoisotopic (exact) mass is 227 g/mol. The van der Waals surface area contributed by atoms with Crippen molar-refractivity contribution in [3.63, 3.8) is 0 Å². The highest BCUT2D eigenvalue weighted by atomic mass is 16.2. The van der Waals surface area contributed by atoms with E-state index >= 15 is 0 Å². The summed E-state index contributed by atoms with van der Waals surface area (Å²) < 4.78 is 0. The van der Waals surface area contributed by atoms with E-state index in [0.29, 0.717) is 25.4 Å². The molecule has 0 aromatic heterocycles. The molecule has 0 aromatic carbocycles. The summed E-state index contributed by atoms with van der Waals surface area (Å²) in [7, 11) is 3.84. The molecule has 0 aliphatic carbocycles. The topological polar surface area (TPSA) is 52.7 Å². The van der Waals surface area contributed by atoms with Crippen LogP contribution in [0.15, 0.2) is 0 Å². The first kappa shape index (κ1) is 13.0. The predicted molar refractivity (Wildman–Crippen MR) is 62.0 cm³/mol. The van der Waals surface area contributed by atoms with Crippen molar-refractivity contribution in [2.75, 3.05) is 27.2 Å². The second-order valence-electron chi connectivity index (χ2n) is 4.92. The van der Waals surface area contributed by atoms with E-state index < -0.39 is 0 Å². The van der Waals surface area contributed by atoms with E-state index in [1.165, 1.54) is 4.90 Å². The largest absolute Gasteiger partial charge is 0.326 e. The van der Waals surface area contributed by atoms with Gasteiger partial charge in [-0.05, 0) is 26.4 Å². The highest BCUT2D eigenvalue weighted by Gasteiger charge is 2.37. The van der Waals surface area contributed by atoms with Crippen LogP contribution in [0, 0.1) is 5.92 Å². The number of amides is 3. The smallest absolute Gasteiger partial charge is 0.324 e. The van der Waals surface area contributed by atoms with Gasteiger partial charge in [0.25, 0.3) is 5.91 Å². The maximum absolute atomic E-state index is 11.9. The molecule has 0 aromatic rings. The fraction of sp³-hybridized carbons (Fsp3) is 0.818. The van der Waals surface area contributed by atoms with Gasteiger partial charge in [-0.1, -0.05) is 13.8 Å². The third-order valence-electron chi connectivity index (χ3n) is 2.58. The lowest BCUT2D eigenvalue weighted by Gasteiger charge is -2.16. The number of hydrogen-bond donors (Lipinski definition) is 1. The second kappa shape index (κ2) is 5.30. The lowest BCUT2D eigenvalue weighted by atomic mass is 10.0. The zero-order chi connectivity index (χ0) is 12.3. The highest BCUT2D eigenvalue weighted by Crippen LogP contribution is 2.13. The predicted octanol–water partition coefficient (Wildman–Crippen LogP) is 0.515. The van der Waals surface area contributed by atoms with Gasteiger partial charge in [-0.15, -0.1) is 0 Å². The molecule has 5 heteroatoms. The van der Waals surface area contributed by atoms with Crippen molar-refractivity contribution in [1.29, 1.82) is 0 Å². The minimum absolute atomic E-state index is 0.0828. The molecule has 5 nitrogen and oxygen atoms in total. The van der Waals surface area contributed by atoms with Crippen molar-refractivity contribution in [3.8, 4) is 0 Å². The van der Waals surface area contributed by atoms with Crippen LogP contribution in [0.4, 0.5) is 4.79 Å². The van der Waals surface area contributed by atoms with E-state index in [4.69, 9.17) is 0 Å². The van der Waals surface area contributed by atoms with Crippen LogP contribution in [0.25, 0.3) is 0 Å². The number of nitrogens with zero attached hydrogens (tertiary/aromatic N) is 2. The van der Waals surface area contributed by atoms with Gasteiger partial charge in [-0.25, -0.2) is 4.79 Å².